The molecule has 0 rings (SSSR count). The SMILES string of the molecule is COP(=O)(O)[N+](C(C)C)C(C)C. The van der Waals surface area contributed by atoms with Crippen molar-refractivity contribution in [3.63, 3.8) is 0 Å². The minimum Gasteiger partial charge on any atom is -0.275 e. The van der Waals surface area contributed by atoms with Crippen molar-refractivity contribution in [1.82, 2.24) is 4.67 Å². The van der Waals surface area contributed by atoms with Gasteiger partial charge in [-0.1, -0.05) is 4.67 Å². The largest absolute Gasteiger partial charge is 0.576 e. The van der Waals surface area contributed by atoms with Crippen LogP contribution in [0.2, 0.25) is 0 Å². The van der Waals surface area contributed by atoms with Gasteiger partial charge in [0.2, 0.25) is 0 Å². The average Bonchev–Trinajstić information content (AvgIpc) is 1.84. The van der Waals surface area contributed by atoms with Crippen molar-refractivity contribution < 1.29 is 14.0 Å². The second kappa shape index (κ2) is 4.38. The van der Waals surface area contributed by atoms with Crippen LogP contribution >= 0.6 is 7.75 Å². The first-order chi connectivity index (χ1) is 5.33. The summed E-state index contributed by atoms with van der Waals surface area (Å²) >= 11 is 0. The van der Waals surface area contributed by atoms with E-state index in [9.17, 15) is 9.46 Å². The van der Waals surface area contributed by atoms with Gasteiger partial charge in [-0.3, -0.25) is 9.42 Å². The maximum Gasteiger partial charge on any atom is 0.576 e. The third kappa shape index (κ3) is 2.87. The summed E-state index contributed by atoms with van der Waals surface area (Å²) < 4.78 is 17.4. The van der Waals surface area contributed by atoms with Crippen molar-refractivity contribution in [2.75, 3.05) is 7.11 Å². The molecule has 0 aromatic carbocycles. The van der Waals surface area contributed by atoms with Crippen LogP contribution in [0.4, 0.5) is 0 Å². The van der Waals surface area contributed by atoms with Crippen LogP contribution in [-0.4, -0.2) is 24.1 Å². The Morgan fingerprint density at radius 3 is 1.67 bits per heavy atom. The van der Waals surface area contributed by atoms with Crippen molar-refractivity contribution in [2.24, 2.45) is 0 Å². The summed E-state index contributed by atoms with van der Waals surface area (Å²) in [4.78, 5) is 9.38. The van der Waals surface area contributed by atoms with E-state index in [0.717, 1.165) is 0 Å². The molecule has 0 aromatic heterocycles. The Hall–Kier alpha value is 0.110. The second-order valence-corrected chi connectivity index (χ2v) is 5.05. The van der Waals surface area contributed by atoms with Crippen LogP contribution in [0.3, 0.4) is 0 Å². The van der Waals surface area contributed by atoms with Gasteiger partial charge in [-0.15, -0.1) is 0 Å². The van der Waals surface area contributed by atoms with Gasteiger partial charge in [0, 0.05) is 0 Å². The van der Waals surface area contributed by atoms with E-state index in [1.165, 1.54) is 11.8 Å². The van der Waals surface area contributed by atoms with Crippen LogP contribution in [0.15, 0.2) is 0 Å². The monoisotopic (exact) mass is 195 g/mol. The van der Waals surface area contributed by atoms with Crippen LogP contribution in [0.5, 0.6) is 0 Å². The van der Waals surface area contributed by atoms with Gasteiger partial charge in [0.25, 0.3) is 0 Å². The van der Waals surface area contributed by atoms with E-state index >= 15 is 0 Å². The first-order valence-electron chi connectivity index (χ1n) is 4.00. The molecule has 0 amide bonds. The van der Waals surface area contributed by atoms with E-state index in [-0.39, 0.29) is 12.1 Å². The first-order valence-corrected chi connectivity index (χ1v) is 5.53. The summed E-state index contributed by atoms with van der Waals surface area (Å²) in [6.45, 7) is 7.45. The molecule has 0 aliphatic rings. The van der Waals surface area contributed by atoms with Crippen molar-refractivity contribution in [2.45, 2.75) is 39.8 Å². The molecule has 0 fully saturated rings. The molecule has 0 bridgehead atoms. The molecule has 0 aliphatic heterocycles. The summed E-state index contributed by atoms with van der Waals surface area (Å²) in [5.41, 5.74) is 0. The highest BCUT2D eigenvalue weighted by Gasteiger charge is 2.44. The molecule has 12 heavy (non-hydrogen) atoms. The Balaban J connectivity index is 4.63. The summed E-state index contributed by atoms with van der Waals surface area (Å²) in [6.07, 6.45) is 0. The molecule has 0 saturated carbocycles. The predicted octanol–water partition coefficient (Wildman–Crippen LogP) is 1.69. The van der Waals surface area contributed by atoms with E-state index in [2.05, 4.69) is 4.52 Å². The zero-order chi connectivity index (χ0) is 9.94. The highest BCUT2D eigenvalue weighted by molar-refractivity contribution is 7.51. The summed E-state index contributed by atoms with van der Waals surface area (Å²) in [5.74, 6) is 0. The van der Waals surface area contributed by atoms with Gasteiger partial charge in [0.15, 0.2) is 0 Å². The molecular weight excluding hydrogens is 177 g/mol. The third-order valence-corrected chi connectivity index (χ3v) is 3.57. The molecule has 1 atom stereocenters. The minimum absolute atomic E-state index is 0.000725. The Bertz CT molecular complexity index is 173. The zero-order valence-electron chi connectivity index (χ0n) is 8.31. The lowest BCUT2D eigenvalue weighted by Crippen LogP contribution is -2.40. The predicted molar refractivity (Wildman–Crippen MR) is 49.2 cm³/mol. The molecule has 0 aliphatic carbocycles. The van der Waals surface area contributed by atoms with Crippen LogP contribution in [0, 0.1) is 0 Å². The topological polar surface area (TPSA) is 52.4 Å². The number of nitrogens with zero attached hydrogens (tertiary/aromatic N) is 1. The Morgan fingerprint density at radius 2 is 1.58 bits per heavy atom. The molecular formula is C7H18NO3P+. The summed E-state index contributed by atoms with van der Waals surface area (Å²) in [7, 11) is -2.31. The molecule has 0 aromatic rings. The van der Waals surface area contributed by atoms with E-state index in [4.69, 9.17) is 0 Å². The second-order valence-electron chi connectivity index (χ2n) is 3.24. The maximum atomic E-state index is 11.4. The standard InChI is InChI=1S/C7H18NO3P/c1-6(2)8(7(3)4)12(9,10)11-5/h6-7H,1-5H3,(H,9,10)/q+1. The molecule has 0 spiro atoms. The quantitative estimate of drug-likeness (QED) is 0.694. The van der Waals surface area contributed by atoms with E-state index in [0.29, 0.717) is 0 Å². The zero-order valence-corrected chi connectivity index (χ0v) is 9.21. The molecule has 1 unspecified atom stereocenters. The van der Waals surface area contributed by atoms with Crippen molar-refractivity contribution in [3.05, 3.63) is 0 Å². The molecule has 4 nitrogen and oxygen atoms in total. The van der Waals surface area contributed by atoms with Crippen molar-refractivity contribution >= 4 is 7.75 Å². The summed E-state index contributed by atoms with van der Waals surface area (Å²) in [5, 5.41) is 0. The van der Waals surface area contributed by atoms with Gasteiger partial charge >= 0.3 is 7.75 Å². The molecule has 0 saturated heterocycles. The lowest BCUT2D eigenvalue weighted by Gasteiger charge is -2.21. The number of rotatable bonds is 4. The molecule has 1 N–H and O–H groups in total. The lowest BCUT2D eigenvalue weighted by atomic mass is 10.3. The fourth-order valence-electron chi connectivity index (χ4n) is 1.27. The van der Waals surface area contributed by atoms with Gasteiger partial charge in [-0.25, -0.2) is 0 Å². The van der Waals surface area contributed by atoms with Gasteiger partial charge < -0.3 is 0 Å². The first kappa shape index (κ1) is 12.1. The van der Waals surface area contributed by atoms with Crippen molar-refractivity contribution in [1.29, 1.82) is 0 Å². The van der Waals surface area contributed by atoms with Crippen LogP contribution in [0.1, 0.15) is 27.7 Å². The van der Waals surface area contributed by atoms with Crippen LogP contribution in [-0.2, 0) is 9.09 Å². The van der Waals surface area contributed by atoms with Crippen LogP contribution in [0.25, 0.3) is 0 Å². The van der Waals surface area contributed by atoms with Gasteiger partial charge in [-0.2, -0.15) is 4.57 Å². The van der Waals surface area contributed by atoms with Gasteiger partial charge in [0.05, 0.1) is 7.11 Å². The Morgan fingerprint density at radius 1 is 1.25 bits per heavy atom. The fraction of sp³-hybridized carbons (Fsp3) is 1.00. The molecule has 0 heterocycles. The highest BCUT2D eigenvalue weighted by atomic mass is 31.2. The lowest BCUT2D eigenvalue weighted by molar-refractivity contribution is 0.246. The smallest absolute Gasteiger partial charge is 0.275 e. The third-order valence-electron chi connectivity index (χ3n) is 1.59. The minimum atomic E-state index is -3.56. The number of hydrogen-bond acceptors (Lipinski definition) is 2. The maximum absolute atomic E-state index is 11.4. The Kier molecular flexibility index (Phi) is 4.42. The van der Waals surface area contributed by atoms with E-state index in [1.807, 2.05) is 27.7 Å². The molecule has 5 heteroatoms. The fourth-order valence-corrected chi connectivity index (χ4v) is 2.63. The normalized spacial score (nSPS) is 17.4. The van der Waals surface area contributed by atoms with E-state index in [1.54, 1.807) is 0 Å². The summed E-state index contributed by atoms with van der Waals surface area (Å²) in [6, 6.07) is 0.00145. The van der Waals surface area contributed by atoms with Crippen molar-refractivity contribution in [3.8, 4) is 0 Å². The molecule has 73 valence electrons. The van der Waals surface area contributed by atoms with E-state index < -0.39 is 7.75 Å². The van der Waals surface area contributed by atoms with Crippen LogP contribution < -0.4 is 4.67 Å². The Labute approximate surface area is 74.1 Å². The molecule has 1 radical (unpaired) electrons. The number of hydrogen-bond donors (Lipinski definition) is 1. The highest BCUT2D eigenvalue weighted by Crippen LogP contribution is 2.45. The average molecular weight is 195 g/mol. The van der Waals surface area contributed by atoms with Gasteiger partial charge in [-0.05, 0) is 27.7 Å². The van der Waals surface area contributed by atoms with Gasteiger partial charge in [0.1, 0.15) is 12.1 Å².